The van der Waals surface area contributed by atoms with Gasteiger partial charge in [0.15, 0.2) is 0 Å². The Morgan fingerprint density at radius 3 is 2.81 bits per heavy atom. The largest absolute Gasteiger partial charge is 0.352 e. The van der Waals surface area contributed by atoms with Crippen molar-refractivity contribution >= 4 is 11.8 Å². The van der Waals surface area contributed by atoms with Gasteiger partial charge in [-0.05, 0) is 19.4 Å². The van der Waals surface area contributed by atoms with Gasteiger partial charge in [-0.25, -0.2) is 4.98 Å². The van der Waals surface area contributed by atoms with Gasteiger partial charge in [-0.1, -0.05) is 0 Å². The Labute approximate surface area is 96.3 Å². The molecule has 1 aliphatic heterocycles. The van der Waals surface area contributed by atoms with Gasteiger partial charge in [-0.15, -0.1) is 0 Å². The van der Waals surface area contributed by atoms with Gasteiger partial charge in [-0.2, -0.15) is 4.98 Å². The van der Waals surface area contributed by atoms with Crippen LogP contribution in [0.5, 0.6) is 0 Å². The quantitative estimate of drug-likeness (QED) is 0.786. The van der Waals surface area contributed by atoms with Gasteiger partial charge >= 0.3 is 0 Å². The van der Waals surface area contributed by atoms with Crippen LogP contribution in [0.4, 0.5) is 11.8 Å². The molecule has 1 fully saturated rings. The van der Waals surface area contributed by atoms with Crippen molar-refractivity contribution in [3.8, 4) is 0 Å². The van der Waals surface area contributed by atoms with Crippen LogP contribution in [0.3, 0.4) is 0 Å². The van der Waals surface area contributed by atoms with E-state index < -0.39 is 0 Å². The molecule has 2 rings (SSSR count). The lowest BCUT2D eigenvalue weighted by Gasteiger charge is -2.24. The average molecular weight is 221 g/mol. The maximum Gasteiger partial charge on any atom is 0.226 e. The summed E-state index contributed by atoms with van der Waals surface area (Å²) in [5.74, 6) is 1.71. The van der Waals surface area contributed by atoms with Crippen LogP contribution in [-0.2, 0) is 0 Å². The average Bonchev–Trinajstić information content (AvgIpc) is 2.60. The topological polar surface area (TPSA) is 58.3 Å². The highest BCUT2D eigenvalue weighted by molar-refractivity contribution is 5.45. The van der Waals surface area contributed by atoms with Crippen LogP contribution in [-0.4, -0.2) is 42.7 Å². The van der Waals surface area contributed by atoms with Crippen LogP contribution in [0.1, 0.15) is 13.3 Å². The molecule has 5 heteroatoms. The number of aromatic nitrogens is 2. The summed E-state index contributed by atoms with van der Waals surface area (Å²) in [7, 11) is 3.89. The predicted molar refractivity (Wildman–Crippen MR) is 65.8 cm³/mol. The van der Waals surface area contributed by atoms with Crippen LogP contribution in [0.15, 0.2) is 12.3 Å². The normalized spacial score (nSPS) is 24.9. The van der Waals surface area contributed by atoms with Crippen LogP contribution < -0.4 is 15.5 Å². The fourth-order valence-electron chi connectivity index (χ4n) is 2.00. The molecule has 0 bridgehead atoms. The molecule has 2 N–H and O–H groups in total. The standard InChI is InChI=1S/C11H19N5/c1-8-9(12)5-7-16(8)10-4-6-13-11(14-10)15(2)3/h4,6,8-9H,5,7,12H2,1-3H3. The highest BCUT2D eigenvalue weighted by Crippen LogP contribution is 2.23. The smallest absolute Gasteiger partial charge is 0.226 e. The summed E-state index contributed by atoms with van der Waals surface area (Å²) in [5, 5.41) is 0. The summed E-state index contributed by atoms with van der Waals surface area (Å²) < 4.78 is 0. The van der Waals surface area contributed by atoms with E-state index in [4.69, 9.17) is 5.73 Å². The SMILES string of the molecule is CC1C(N)CCN1c1ccnc(N(C)C)n1. The molecular formula is C11H19N5. The van der Waals surface area contributed by atoms with Crippen LogP contribution in [0, 0.1) is 0 Å². The van der Waals surface area contributed by atoms with Crippen molar-refractivity contribution in [2.24, 2.45) is 5.73 Å². The molecule has 0 radical (unpaired) electrons. The minimum Gasteiger partial charge on any atom is -0.352 e. The maximum atomic E-state index is 6.01. The van der Waals surface area contributed by atoms with E-state index >= 15 is 0 Å². The van der Waals surface area contributed by atoms with Gasteiger partial charge in [-0.3, -0.25) is 0 Å². The Balaban J connectivity index is 2.24. The van der Waals surface area contributed by atoms with Gasteiger partial charge in [0, 0.05) is 38.9 Å². The van der Waals surface area contributed by atoms with E-state index in [2.05, 4.69) is 21.8 Å². The number of anilines is 2. The molecule has 88 valence electrons. The fraction of sp³-hybridized carbons (Fsp3) is 0.636. The highest BCUT2D eigenvalue weighted by atomic mass is 15.3. The van der Waals surface area contributed by atoms with E-state index in [1.807, 2.05) is 25.1 Å². The molecule has 16 heavy (non-hydrogen) atoms. The molecule has 2 unspecified atom stereocenters. The number of rotatable bonds is 2. The van der Waals surface area contributed by atoms with Gasteiger partial charge in [0.25, 0.3) is 0 Å². The van der Waals surface area contributed by atoms with Crippen LogP contribution >= 0.6 is 0 Å². The zero-order chi connectivity index (χ0) is 11.7. The van der Waals surface area contributed by atoms with Gasteiger partial charge in [0.1, 0.15) is 5.82 Å². The second kappa shape index (κ2) is 4.25. The number of nitrogens with zero attached hydrogens (tertiary/aromatic N) is 4. The first kappa shape index (κ1) is 11.1. The Morgan fingerprint density at radius 2 is 2.25 bits per heavy atom. The first-order valence-electron chi connectivity index (χ1n) is 5.62. The molecule has 5 nitrogen and oxygen atoms in total. The molecule has 1 aromatic rings. The van der Waals surface area contributed by atoms with E-state index in [0.29, 0.717) is 6.04 Å². The number of hydrogen-bond donors (Lipinski definition) is 1. The Kier molecular flexibility index (Phi) is 2.96. The van der Waals surface area contributed by atoms with Crippen LogP contribution in [0.25, 0.3) is 0 Å². The minimum atomic E-state index is 0.248. The van der Waals surface area contributed by atoms with Crippen molar-refractivity contribution < 1.29 is 0 Å². The maximum absolute atomic E-state index is 6.01. The third-order valence-electron chi connectivity index (χ3n) is 3.14. The molecule has 2 heterocycles. The lowest BCUT2D eigenvalue weighted by molar-refractivity contribution is 0.621. The number of hydrogen-bond acceptors (Lipinski definition) is 5. The van der Waals surface area contributed by atoms with Crippen LogP contribution in [0.2, 0.25) is 0 Å². The minimum absolute atomic E-state index is 0.248. The molecule has 0 saturated carbocycles. The Hall–Kier alpha value is -1.36. The monoisotopic (exact) mass is 221 g/mol. The van der Waals surface area contributed by atoms with Crippen molar-refractivity contribution in [1.29, 1.82) is 0 Å². The molecule has 1 saturated heterocycles. The second-order valence-electron chi connectivity index (χ2n) is 4.50. The van der Waals surface area contributed by atoms with E-state index in [0.717, 1.165) is 24.7 Å². The van der Waals surface area contributed by atoms with Gasteiger partial charge in [0.05, 0.1) is 0 Å². The zero-order valence-corrected chi connectivity index (χ0v) is 10.1. The third-order valence-corrected chi connectivity index (χ3v) is 3.14. The molecule has 1 aromatic heterocycles. The van der Waals surface area contributed by atoms with E-state index in [1.165, 1.54) is 0 Å². The Bertz CT molecular complexity index is 365. The molecule has 0 spiro atoms. The van der Waals surface area contributed by atoms with Crippen molar-refractivity contribution in [3.05, 3.63) is 12.3 Å². The van der Waals surface area contributed by atoms with Crippen molar-refractivity contribution in [2.45, 2.75) is 25.4 Å². The third kappa shape index (κ3) is 1.95. The Morgan fingerprint density at radius 1 is 1.50 bits per heavy atom. The summed E-state index contributed by atoms with van der Waals surface area (Å²) >= 11 is 0. The highest BCUT2D eigenvalue weighted by Gasteiger charge is 2.28. The van der Waals surface area contributed by atoms with E-state index in [9.17, 15) is 0 Å². The lowest BCUT2D eigenvalue weighted by Crippen LogP contribution is -2.37. The molecule has 2 atom stereocenters. The zero-order valence-electron chi connectivity index (χ0n) is 10.1. The molecule has 1 aliphatic rings. The van der Waals surface area contributed by atoms with Crippen molar-refractivity contribution in [1.82, 2.24) is 9.97 Å². The summed E-state index contributed by atoms with van der Waals surface area (Å²) in [6.45, 7) is 3.13. The van der Waals surface area contributed by atoms with Gasteiger partial charge in [0.2, 0.25) is 5.95 Å². The summed E-state index contributed by atoms with van der Waals surface area (Å²) in [6.07, 6.45) is 2.83. The molecule has 0 aromatic carbocycles. The van der Waals surface area contributed by atoms with Crippen molar-refractivity contribution in [2.75, 3.05) is 30.4 Å². The van der Waals surface area contributed by atoms with Crippen molar-refractivity contribution in [3.63, 3.8) is 0 Å². The first-order valence-corrected chi connectivity index (χ1v) is 5.62. The second-order valence-corrected chi connectivity index (χ2v) is 4.50. The lowest BCUT2D eigenvalue weighted by atomic mass is 10.2. The molecule has 0 amide bonds. The number of nitrogens with two attached hydrogens (primary N) is 1. The summed E-state index contributed by atoms with van der Waals surface area (Å²) in [4.78, 5) is 12.9. The molecular weight excluding hydrogens is 202 g/mol. The van der Waals surface area contributed by atoms with E-state index in [-0.39, 0.29) is 6.04 Å². The first-order chi connectivity index (χ1) is 7.59. The predicted octanol–water partition coefficient (Wildman–Crippen LogP) is 0.468. The summed E-state index contributed by atoms with van der Waals surface area (Å²) in [5.41, 5.74) is 6.01. The fourth-order valence-corrected chi connectivity index (χ4v) is 2.00. The molecule has 0 aliphatic carbocycles. The van der Waals surface area contributed by atoms with Gasteiger partial charge < -0.3 is 15.5 Å². The summed E-state index contributed by atoms with van der Waals surface area (Å²) in [6, 6.07) is 2.55. The van der Waals surface area contributed by atoms with E-state index in [1.54, 1.807) is 6.20 Å².